The Bertz CT molecular complexity index is 470. The number of carbonyl (C=O) groups excluding carboxylic acids is 3. The molecule has 0 rings (SSSR count). The van der Waals surface area contributed by atoms with Crippen molar-refractivity contribution in [2.24, 2.45) is 11.7 Å². The van der Waals surface area contributed by atoms with Crippen LogP contribution in [-0.4, -0.2) is 39.3 Å². The van der Waals surface area contributed by atoms with Gasteiger partial charge >= 0.3 is 5.97 Å². The van der Waals surface area contributed by atoms with Gasteiger partial charge in [0.25, 0.3) is 0 Å². The average molecular weight is 375 g/mol. The SMILES string of the molecule is CCCCC(CC)CC(SC(C)=O)C(=O)N[C@@H](CCC(N)=O)C(=O)O. The first-order chi connectivity index (χ1) is 11.7. The zero-order chi connectivity index (χ0) is 19.4. The third-order valence-electron chi connectivity index (χ3n) is 3.99. The number of unbranched alkanes of at least 4 members (excludes halogenated alkanes) is 1. The standard InChI is InChI=1S/C17H30N2O5S/c1-4-6-7-12(5-2)10-14(25-11(3)20)16(22)19-13(17(23)24)8-9-15(18)21/h12-14H,4-10H2,1-3H3,(H2,18,21)(H,19,22)(H,23,24)/t12?,13-,14?/m0/s1. The molecule has 0 aromatic rings. The van der Waals surface area contributed by atoms with E-state index in [1.54, 1.807) is 0 Å². The Kier molecular flexibility index (Phi) is 11.9. The quantitative estimate of drug-likeness (QED) is 0.453. The van der Waals surface area contributed by atoms with E-state index in [2.05, 4.69) is 12.2 Å². The topological polar surface area (TPSA) is 127 Å². The Labute approximate surface area is 153 Å². The molecule has 144 valence electrons. The van der Waals surface area contributed by atoms with Crippen molar-refractivity contribution >= 4 is 34.7 Å². The van der Waals surface area contributed by atoms with Crippen LogP contribution in [0, 0.1) is 5.92 Å². The lowest BCUT2D eigenvalue weighted by Crippen LogP contribution is -2.45. The van der Waals surface area contributed by atoms with Crippen LogP contribution in [0.2, 0.25) is 0 Å². The van der Waals surface area contributed by atoms with Crippen molar-refractivity contribution in [1.29, 1.82) is 0 Å². The summed E-state index contributed by atoms with van der Waals surface area (Å²) in [5.41, 5.74) is 5.03. The van der Waals surface area contributed by atoms with Crippen LogP contribution in [-0.2, 0) is 19.2 Å². The maximum Gasteiger partial charge on any atom is 0.326 e. The first-order valence-corrected chi connectivity index (χ1v) is 9.57. The summed E-state index contributed by atoms with van der Waals surface area (Å²) in [6.07, 6.45) is 4.30. The number of nitrogens with one attached hydrogen (secondary N) is 1. The van der Waals surface area contributed by atoms with Crippen LogP contribution < -0.4 is 11.1 Å². The monoisotopic (exact) mass is 374 g/mol. The molecular formula is C17H30N2O5S. The molecule has 7 nitrogen and oxygen atoms in total. The number of carboxylic acid groups (broad SMARTS) is 1. The number of thioether (sulfide) groups is 1. The summed E-state index contributed by atoms with van der Waals surface area (Å²) in [5, 5.41) is 10.8. The summed E-state index contributed by atoms with van der Waals surface area (Å²) in [6.45, 7) is 5.53. The van der Waals surface area contributed by atoms with Crippen LogP contribution in [0.5, 0.6) is 0 Å². The van der Waals surface area contributed by atoms with Gasteiger partial charge in [-0.2, -0.15) is 0 Å². The van der Waals surface area contributed by atoms with Crippen LogP contribution in [0.1, 0.15) is 65.7 Å². The molecule has 0 heterocycles. The third-order valence-corrected chi connectivity index (χ3v) is 5.01. The molecule has 0 aromatic heterocycles. The highest BCUT2D eigenvalue weighted by molar-refractivity contribution is 8.14. The van der Waals surface area contributed by atoms with Gasteiger partial charge in [-0.3, -0.25) is 14.4 Å². The lowest BCUT2D eigenvalue weighted by Gasteiger charge is -2.23. The lowest BCUT2D eigenvalue weighted by atomic mass is 9.94. The summed E-state index contributed by atoms with van der Waals surface area (Å²) < 4.78 is 0. The summed E-state index contributed by atoms with van der Waals surface area (Å²) in [6, 6.07) is -1.19. The predicted octanol–water partition coefficient (Wildman–Crippen LogP) is 2.08. The van der Waals surface area contributed by atoms with Gasteiger partial charge in [0, 0.05) is 13.3 Å². The van der Waals surface area contributed by atoms with Crippen molar-refractivity contribution < 1.29 is 24.3 Å². The minimum Gasteiger partial charge on any atom is -0.480 e. The number of primary amides is 1. The number of carbonyl (C=O) groups is 4. The summed E-state index contributed by atoms with van der Waals surface area (Å²) in [5.74, 6) is -2.02. The Balaban J connectivity index is 4.97. The van der Waals surface area contributed by atoms with Gasteiger partial charge in [-0.25, -0.2) is 4.79 Å². The zero-order valence-corrected chi connectivity index (χ0v) is 16.1. The molecule has 0 aliphatic rings. The molecule has 0 aromatic carbocycles. The molecule has 0 saturated heterocycles. The molecule has 25 heavy (non-hydrogen) atoms. The van der Waals surface area contributed by atoms with Gasteiger partial charge in [0.2, 0.25) is 11.8 Å². The highest BCUT2D eigenvalue weighted by Crippen LogP contribution is 2.26. The number of aliphatic carboxylic acids is 1. The normalized spacial score (nSPS) is 14.4. The van der Waals surface area contributed by atoms with Gasteiger partial charge in [0.1, 0.15) is 6.04 Å². The van der Waals surface area contributed by atoms with E-state index in [0.717, 1.165) is 37.4 Å². The van der Waals surface area contributed by atoms with Crippen LogP contribution >= 0.6 is 11.8 Å². The maximum atomic E-state index is 12.5. The molecule has 2 amide bonds. The van der Waals surface area contributed by atoms with Crippen molar-refractivity contribution in [1.82, 2.24) is 5.32 Å². The fourth-order valence-corrected chi connectivity index (χ4v) is 3.45. The Hall–Kier alpha value is -1.57. The second-order valence-corrected chi connectivity index (χ2v) is 7.53. The molecule has 2 unspecified atom stereocenters. The van der Waals surface area contributed by atoms with Gasteiger partial charge in [-0.1, -0.05) is 51.3 Å². The van der Waals surface area contributed by atoms with Crippen molar-refractivity contribution in [2.45, 2.75) is 77.0 Å². The number of nitrogens with two attached hydrogens (primary N) is 1. The zero-order valence-electron chi connectivity index (χ0n) is 15.2. The van der Waals surface area contributed by atoms with Crippen LogP contribution in [0.3, 0.4) is 0 Å². The van der Waals surface area contributed by atoms with E-state index in [4.69, 9.17) is 5.73 Å². The Morgan fingerprint density at radius 2 is 1.80 bits per heavy atom. The average Bonchev–Trinajstić information content (AvgIpc) is 2.53. The van der Waals surface area contributed by atoms with Gasteiger partial charge in [-0.05, 0) is 18.8 Å². The largest absolute Gasteiger partial charge is 0.480 e. The Morgan fingerprint density at radius 3 is 2.24 bits per heavy atom. The molecule has 4 N–H and O–H groups in total. The molecule has 8 heteroatoms. The van der Waals surface area contributed by atoms with E-state index < -0.39 is 29.1 Å². The van der Waals surface area contributed by atoms with Crippen LogP contribution in [0.15, 0.2) is 0 Å². The van der Waals surface area contributed by atoms with Gasteiger partial charge < -0.3 is 16.2 Å². The van der Waals surface area contributed by atoms with Gasteiger partial charge in [0.15, 0.2) is 5.12 Å². The fourth-order valence-electron chi connectivity index (χ4n) is 2.50. The van der Waals surface area contributed by atoms with E-state index in [0.29, 0.717) is 12.3 Å². The van der Waals surface area contributed by atoms with E-state index in [1.165, 1.54) is 6.92 Å². The summed E-state index contributed by atoms with van der Waals surface area (Å²) in [4.78, 5) is 46.1. The molecule has 3 atom stereocenters. The van der Waals surface area contributed by atoms with Gasteiger partial charge in [-0.15, -0.1) is 0 Å². The molecule has 0 aliphatic heterocycles. The van der Waals surface area contributed by atoms with E-state index >= 15 is 0 Å². The first-order valence-electron chi connectivity index (χ1n) is 8.69. The van der Waals surface area contributed by atoms with E-state index in [9.17, 15) is 24.3 Å². The van der Waals surface area contributed by atoms with Crippen molar-refractivity contribution in [3.8, 4) is 0 Å². The van der Waals surface area contributed by atoms with Crippen molar-refractivity contribution in [3.63, 3.8) is 0 Å². The summed E-state index contributed by atoms with van der Waals surface area (Å²) in [7, 11) is 0. The number of amides is 2. The molecular weight excluding hydrogens is 344 g/mol. The van der Waals surface area contributed by atoms with E-state index in [1.807, 2.05) is 6.92 Å². The van der Waals surface area contributed by atoms with Gasteiger partial charge in [0.05, 0.1) is 5.25 Å². The number of hydrogen-bond donors (Lipinski definition) is 3. The number of carboxylic acids is 1. The number of rotatable bonds is 13. The fraction of sp³-hybridized carbons (Fsp3) is 0.765. The highest BCUT2D eigenvalue weighted by Gasteiger charge is 2.28. The molecule has 0 radical (unpaired) electrons. The number of hydrogen-bond acceptors (Lipinski definition) is 5. The predicted molar refractivity (Wildman–Crippen MR) is 98.0 cm³/mol. The highest BCUT2D eigenvalue weighted by atomic mass is 32.2. The lowest BCUT2D eigenvalue weighted by molar-refractivity contribution is -0.142. The first kappa shape index (κ1) is 23.4. The molecule has 0 bridgehead atoms. The van der Waals surface area contributed by atoms with E-state index in [-0.39, 0.29) is 18.0 Å². The smallest absolute Gasteiger partial charge is 0.326 e. The van der Waals surface area contributed by atoms with Crippen molar-refractivity contribution in [3.05, 3.63) is 0 Å². The second kappa shape index (κ2) is 12.7. The van der Waals surface area contributed by atoms with Crippen LogP contribution in [0.4, 0.5) is 0 Å². The third kappa shape index (κ3) is 10.8. The molecule has 0 aliphatic carbocycles. The molecule has 0 spiro atoms. The van der Waals surface area contributed by atoms with Crippen molar-refractivity contribution in [2.75, 3.05) is 0 Å². The Morgan fingerprint density at radius 1 is 1.16 bits per heavy atom. The molecule has 0 saturated carbocycles. The minimum atomic E-state index is -1.22. The maximum absolute atomic E-state index is 12.5. The van der Waals surface area contributed by atoms with Crippen LogP contribution in [0.25, 0.3) is 0 Å². The molecule has 0 fully saturated rings. The second-order valence-electron chi connectivity index (χ2n) is 6.15. The minimum absolute atomic E-state index is 0.0685. The summed E-state index contributed by atoms with van der Waals surface area (Å²) >= 11 is 0.927.